The number of ketones is 1. The minimum atomic E-state index is -3.05. The fraction of sp³-hybridized carbons (Fsp3) is 0.533. The number of sulfone groups is 1. The molecule has 1 aromatic carbocycles. The van der Waals surface area contributed by atoms with E-state index in [4.69, 9.17) is 0 Å². The Morgan fingerprint density at radius 1 is 1.30 bits per heavy atom. The van der Waals surface area contributed by atoms with Crippen molar-refractivity contribution in [2.75, 3.05) is 6.26 Å². The molecule has 0 bridgehead atoms. The molecule has 3 nitrogen and oxygen atoms in total. The maximum absolute atomic E-state index is 12.5. The van der Waals surface area contributed by atoms with Gasteiger partial charge in [-0.2, -0.15) is 0 Å². The van der Waals surface area contributed by atoms with Gasteiger partial charge in [0.25, 0.3) is 0 Å². The largest absolute Gasteiger partial charge is 0.294 e. The Morgan fingerprint density at radius 2 is 2.00 bits per heavy atom. The van der Waals surface area contributed by atoms with E-state index in [0.717, 1.165) is 22.9 Å². The Morgan fingerprint density at radius 3 is 2.60 bits per heavy atom. The highest BCUT2D eigenvalue weighted by Crippen LogP contribution is 2.31. The van der Waals surface area contributed by atoms with Crippen molar-refractivity contribution in [3.8, 4) is 0 Å². The minimum absolute atomic E-state index is 0.0777. The first-order chi connectivity index (χ1) is 9.29. The highest BCUT2D eigenvalue weighted by Gasteiger charge is 2.32. The zero-order valence-corrected chi connectivity index (χ0v) is 14.1. The molecular weight excluding hydrogens is 340 g/mol. The summed E-state index contributed by atoms with van der Waals surface area (Å²) in [5, 5.41) is -0.359. The van der Waals surface area contributed by atoms with Gasteiger partial charge in [-0.15, -0.1) is 0 Å². The van der Waals surface area contributed by atoms with Crippen LogP contribution in [-0.2, 0) is 9.84 Å². The molecule has 0 aliphatic heterocycles. The van der Waals surface area contributed by atoms with Crippen LogP contribution >= 0.6 is 15.9 Å². The predicted octanol–water partition coefficient (Wildman–Crippen LogP) is 3.54. The van der Waals surface area contributed by atoms with Crippen molar-refractivity contribution in [2.45, 2.75) is 37.9 Å². The van der Waals surface area contributed by atoms with Gasteiger partial charge in [-0.3, -0.25) is 4.79 Å². The molecule has 2 atom stereocenters. The van der Waals surface area contributed by atoms with E-state index in [-0.39, 0.29) is 17.0 Å². The van der Waals surface area contributed by atoms with E-state index >= 15 is 0 Å². The van der Waals surface area contributed by atoms with Crippen molar-refractivity contribution in [2.24, 2.45) is 5.92 Å². The first kappa shape index (κ1) is 15.7. The molecule has 1 aromatic rings. The van der Waals surface area contributed by atoms with Gasteiger partial charge >= 0.3 is 0 Å². The van der Waals surface area contributed by atoms with Crippen molar-refractivity contribution in [1.82, 2.24) is 0 Å². The molecule has 0 spiro atoms. The van der Waals surface area contributed by atoms with Crippen molar-refractivity contribution >= 4 is 31.6 Å². The van der Waals surface area contributed by atoms with Crippen LogP contribution in [0.2, 0.25) is 0 Å². The van der Waals surface area contributed by atoms with E-state index in [2.05, 4.69) is 15.9 Å². The first-order valence-corrected chi connectivity index (χ1v) is 9.53. The standard InChI is InChI=1S/C15H19BrO3S/c1-10-8-12(6-7-14(10)16)15(17)11-4-3-5-13(9-11)20(2,18)19/h6-8,11,13H,3-5,9H2,1-2H3. The molecule has 0 aromatic heterocycles. The minimum Gasteiger partial charge on any atom is -0.294 e. The van der Waals surface area contributed by atoms with Gasteiger partial charge in [0.1, 0.15) is 9.84 Å². The van der Waals surface area contributed by atoms with E-state index in [1.165, 1.54) is 6.26 Å². The second kappa shape index (κ2) is 5.98. The van der Waals surface area contributed by atoms with Crippen molar-refractivity contribution < 1.29 is 13.2 Å². The lowest BCUT2D eigenvalue weighted by Gasteiger charge is -2.27. The number of benzene rings is 1. The zero-order chi connectivity index (χ0) is 14.9. The predicted molar refractivity (Wildman–Crippen MR) is 83.8 cm³/mol. The molecule has 2 unspecified atom stereocenters. The Bertz CT molecular complexity index is 622. The van der Waals surface area contributed by atoms with E-state index < -0.39 is 9.84 Å². The van der Waals surface area contributed by atoms with Crippen LogP contribution in [0.3, 0.4) is 0 Å². The molecule has 1 aliphatic rings. The number of hydrogen-bond donors (Lipinski definition) is 0. The van der Waals surface area contributed by atoms with Gasteiger partial charge in [-0.1, -0.05) is 28.4 Å². The summed E-state index contributed by atoms with van der Waals surface area (Å²) in [7, 11) is -3.05. The van der Waals surface area contributed by atoms with Gasteiger partial charge in [-0.05, 0) is 43.9 Å². The van der Waals surface area contributed by atoms with E-state index in [0.29, 0.717) is 18.4 Å². The van der Waals surface area contributed by atoms with Gasteiger partial charge < -0.3 is 0 Å². The number of rotatable bonds is 3. The van der Waals surface area contributed by atoms with Crippen molar-refractivity contribution in [3.05, 3.63) is 33.8 Å². The lowest BCUT2D eigenvalue weighted by atomic mass is 9.83. The molecule has 0 heterocycles. The molecule has 0 amide bonds. The number of Topliss-reactive ketones (excluding diaryl/α,β-unsaturated/α-hetero) is 1. The smallest absolute Gasteiger partial charge is 0.165 e. The van der Waals surface area contributed by atoms with E-state index in [9.17, 15) is 13.2 Å². The molecule has 0 saturated heterocycles. The molecule has 1 aliphatic carbocycles. The van der Waals surface area contributed by atoms with Crippen molar-refractivity contribution in [1.29, 1.82) is 0 Å². The summed E-state index contributed by atoms with van der Waals surface area (Å²) in [6.07, 6.45) is 4.02. The van der Waals surface area contributed by atoms with Crippen LogP contribution < -0.4 is 0 Å². The zero-order valence-electron chi connectivity index (χ0n) is 11.7. The summed E-state index contributed by atoms with van der Waals surface area (Å²) in [5.74, 6) is -0.0852. The van der Waals surface area contributed by atoms with Gasteiger partial charge in [0.05, 0.1) is 5.25 Å². The highest BCUT2D eigenvalue weighted by atomic mass is 79.9. The summed E-state index contributed by atoms with van der Waals surface area (Å²) in [4.78, 5) is 12.5. The Balaban J connectivity index is 2.18. The van der Waals surface area contributed by atoms with E-state index in [1.807, 2.05) is 25.1 Å². The molecule has 5 heteroatoms. The summed E-state index contributed by atoms with van der Waals surface area (Å²) in [5.41, 5.74) is 1.70. The number of hydrogen-bond acceptors (Lipinski definition) is 3. The second-order valence-corrected chi connectivity index (χ2v) is 8.82. The molecular formula is C15H19BrO3S. The molecule has 1 fully saturated rings. The Kier molecular flexibility index (Phi) is 4.69. The van der Waals surface area contributed by atoms with Crippen LogP contribution in [0, 0.1) is 12.8 Å². The highest BCUT2D eigenvalue weighted by molar-refractivity contribution is 9.10. The molecule has 0 N–H and O–H groups in total. The summed E-state index contributed by atoms with van der Waals surface area (Å²) in [6, 6.07) is 5.55. The topological polar surface area (TPSA) is 51.2 Å². The molecule has 1 saturated carbocycles. The van der Waals surface area contributed by atoms with Gasteiger partial charge in [0, 0.05) is 22.2 Å². The second-order valence-electron chi connectivity index (χ2n) is 5.64. The maximum Gasteiger partial charge on any atom is 0.165 e. The number of carbonyl (C=O) groups is 1. The molecule has 0 radical (unpaired) electrons. The monoisotopic (exact) mass is 358 g/mol. The van der Waals surface area contributed by atoms with Crippen LogP contribution in [-0.4, -0.2) is 25.7 Å². The summed E-state index contributed by atoms with van der Waals surface area (Å²) < 4.78 is 24.3. The quantitative estimate of drug-likeness (QED) is 0.776. The molecule has 2 rings (SSSR count). The summed E-state index contributed by atoms with van der Waals surface area (Å²) in [6.45, 7) is 1.95. The lowest BCUT2D eigenvalue weighted by Crippen LogP contribution is -2.31. The molecule has 20 heavy (non-hydrogen) atoms. The number of aryl methyl sites for hydroxylation is 1. The van der Waals surface area contributed by atoms with Crippen LogP contribution in [0.25, 0.3) is 0 Å². The lowest BCUT2D eigenvalue weighted by molar-refractivity contribution is 0.0891. The van der Waals surface area contributed by atoms with Gasteiger partial charge in [-0.25, -0.2) is 8.42 Å². The third-order valence-electron chi connectivity index (χ3n) is 4.04. The average Bonchev–Trinajstić information content (AvgIpc) is 2.40. The third kappa shape index (κ3) is 3.50. The van der Waals surface area contributed by atoms with Crippen molar-refractivity contribution in [3.63, 3.8) is 0 Å². The van der Waals surface area contributed by atoms with Crippen LogP contribution in [0.4, 0.5) is 0 Å². The van der Waals surface area contributed by atoms with Gasteiger partial charge in [0.15, 0.2) is 5.78 Å². The fourth-order valence-electron chi connectivity index (χ4n) is 2.81. The third-order valence-corrected chi connectivity index (χ3v) is 6.57. The average molecular weight is 359 g/mol. The Labute approximate surface area is 128 Å². The van der Waals surface area contributed by atoms with Crippen LogP contribution in [0.1, 0.15) is 41.6 Å². The van der Waals surface area contributed by atoms with Gasteiger partial charge in [0.2, 0.25) is 0 Å². The summed E-state index contributed by atoms with van der Waals surface area (Å²) >= 11 is 3.42. The normalized spacial score (nSPS) is 23.6. The maximum atomic E-state index is 12.5. The van der Waals surface area contributed by atoms with Crippen LogP contribution in [0.5, 0.6) is 0 Å². The first-order valence-electron chi connectivity index (χ1n) is 6.78. The fourth-order valence-corrected chi connectivity index (χ4v) is 4.23. The molecule has 110 valence electrons. The van der Waals surface area contributed by atoms with Crippen LogP contribution in [0.15, 0.2) is 22.7 Å². The van der Waals surface area contributed by atoms with E-state index in [1.54, 1.807) is 0 Å². The SMILES string of the molecule is Cc1cc(C(=O)C2CCCC(S(C)(=O)=O)C2)ccc1Br. The Hall–Kier alpha value is -0.680. The number of carbonyl (C=O) groups excluding carboxylic acids is 1. The number of halogens is 1.